The monoisotopic (exact) mass is 438 g/mol. The molecule has 1 unspecified atom stereocenters. The molecule has 2 aliphatic rings. The van der Waals surface area contributed by atoms with Crippen molar-refractivity contribution in [1.29, 1.82) is 0 Å². The lowest BCUT2D eigenvalue weighted by Crippen LogP contribution is -2.55. The predicted octanol–water partition coefficient (Wildman–Crippen LogP) is 2.84. The number of hydrogen-bond acceptors (Lipinski definition) is 4. The first-order chi connectivity index (χ1) is 14.8. The summed E-state index contributed by atoms with van der Waals surface area (Å²) in [4.78, 5) is 28.0. The van der Waals surface area contributed by atoms with Gasteiger partial charge in [0, 0.05) is 19.2 Å². The summed E-state index contributed by atoms with van der Waals surface area (Å²) in [5.74, 6) is -7.79. The van der Waals surface area contributed by atoms with E-state index in [1.165, 1.54) is 14.2 Å². The molecule has 10 heteroatoms. The van der Waals surface area contributed by atoms with E-state index in [2.05, 4.69) is 0 Å². The number of amides is 2. The summed E-state index contributed by atoms with van der Waals surface area (Å²) < 4.78 is 66.1. The summed E-state index contributed by atoms with van der Waals surface area (Å²) in [7, 11) is 2.95. The summed E-state index contributed by atoms with van der Waals surface area (Å²) in [6.07, 6.45) is 0.546. The molecule has 2 amide bonds. The van der Waals surface area contributed by atoms with Crippen LogP contribution in [0.5, 0.6) is 11.5 Å². The van der Waals surface area contributed by atoms with Crippen molar-refractivity contribution in [3.8, 4) is 11.5 Å². The van der Waals surface area contributed by atoms with Gasteiger partial charge in [-0.15, -0.1) is 0 Å². The zero-order valence-corrected chi connectivity index (χ0v) is 16.7. The van der Waals surface area contributed by atoms with Gasteiger partial charge >= 0.3 is 0 Å². The van der Waals surface area contributed by atoms with Gasteiger partial charge in [0.15, 0.2) is 34.8 Å². The highest BCUT2D eigenvalue weighted by atomic mass is 19.2. The highest BCUT2D eigenvalue weighted by molar-refractivity contribution is 5.97. The fraction of sp³-hybridized carbons (Fsp3) is 0.333. The van der Waals surface area contributed by atoms with Crippen molar-refractivity contribution in [3.63, 3.8) is 0 Å². The van der Waals surface area contributed by atoms with Crippen molar-refractivity contribution >= 4 is 11.8 Å². The van der Waals surface area contributed by atoms with E-state index in [9.17, 15) is 27.2 Å². The van der Waals surface area contributed by atoms with Crippen molar-refractivity contribution in [2.75, 3.05) is 33.9 Å². The Hall–Kier alpha value is -3.30. The molecular formula is C21H18F4N2O4. The molecule has 0 radical (unpaired) electrons. The lowest BCUT2D eigenvalue weighted by atomic mass is 9.90. The smallest absolute Gasteiger partial charge is 0.260 e. The molecule has 2 aliphatic heterocycles. The Morgan fingerprint density at radius 1 is 1.00 bits per heavy atom. The molecule has 0 saturated carbocycles. The number of hydrogen-bond donors (Lipinski definition) is 0. The largest absolute Gasteiger partial charge is 0.493 e. The van der Waals surface area contributed by atoms with Crippen LogP contribution in [-0.4, -0.2) is 55.5 Å². The fourth-order valence-electron chi connectivity index (χ4n) is 4.12. The molecule has 31 heavy (non-hydrogen) atoms. The second-order valence-electron chi connectivity index (χ2n) is 7.29. The number of carbonyl (C=O) groups excluding carboxylic acids is 2. The van der Waals surface area contributed by atoms with E-state index < -0.39 is 53.2 Å². The average molecular weight is 438 g/mol. The SMILES string of the molecule is COc1cc2c(cc1OC)C1CN(C(=O)c3c(F)c(F)cc(F)c3F)CC(=O)N1CC2. The molecule has 0 aromatic heterocycles. The van der Waals surface area contributed by atoms with Crippen LogP contribution in [0.3, 0.4) is 0 Å². The van der Waals surface area contributed by atoms with Crippen LogP contribution in [0.4, 0.5) is 17.6 Å². The number of rotatable bonds is 3. The van der Waals surface area contributed by atoms with Crippen LogP contribution >= 0.6 is 0 Å². The van der Waals surface area contributed by atoms with Crippen molar-refractivity contribution in [1.82, 2.24) is 9.80 Å². The van der Waals surface area contributed by atoms with Crippen LogP contribution in [-0.2, 0) is 11.2 Å². The maximum atomic E-state index is 14.1. The van der Waals surface area contributed by atoms with Gasteiger partial charge in [-0.3, -0.25) is 9.59 Å². The van der Waals surface area contributed by atoms with Crippen molar-refractivity contribution in [2.45, 2.75) is 12.5 Å². The third-order valence-electron chi connectivity index (χ3n) is 5.66. The number of benzene rings is 2. The lowest BCUT2D eigenvalue weighted by Gasteiger charge is -2.44. The summed E-state index contributed by atoms with van der Waals surface area (Å²) in [6.45, 7) is -0.190. The number of fused-ring (bicyclic) bond motifs is 3. The minimum atomic E-state index is -1.80. The van der Waals surface area contributed by atoms with Crippen LogP contribution < -0.4 is 9.47 Å². The molecule has 6 nitrogen and oxygen atoms in total. The van der Waals surface area contributed by atoms with Gasteiger partial charge in [-0.25, -0.2) is 17.6 Å². The number of methoxy groups -OCH3 is 2. The van der Waals surface area contributed by atoms with E-state index in [1.807, 2.05) is 0 Å². The molecule has 0 N–H and O–H groups in total. The average Bonchev–Trinajstić information content (AvgIpc) is 2.76. The van der Waals surface area contributed by atoms with Gasteiger partial charge in [-0.1, -0.05) is 0 Å². The highest BCUT2D eigenvalue weighted by Crippen LogP contribution is 2.40. The van der Waals surface area contributed by atoms with E-state index in [4.69, 9.17) is 9.47 Å². The molecular weight excluding hydrogens is 420 g/mol. The Kier molecular flexibility index (Phi) is 5.24. The molecule has 0 bridgehead atoms. The van der Waals surface area contributed by atoms with Crippen molar-refractivity contribution in [3.05, 3.63) is 58.2 Å². The normalized spacial score (nSPS) is 17.9. The topological polar surface area (TPSA) is 59.1 Å². The van der Waals surface area contributed by atoms with Gasteiger partial charge in [-0.2, -0.15) is 0 Å². The molecule has 2 aromatic rings. The molecule has 4 rings (SSSR count). The number of carbonyl (C=O) groups is 2. The van der Waals surface area contributed by atoms with Crippen LogP contribution in [0.2, 0.25) is 0 Å². The van der Waals surface area contributed by atoms with E-state index in [0.29, 0.717) is 30.0 Å². The highest BCUT2D eigenvalue weighted by Gasteiger charge is 2.41. The van der Waals surface area contributed by atoms with Gasteiger partial charge in [0.1, 0.15) is 12.1 Å². The van der Waals surface area contributed by atoms with Gasteiger partial charge in [0.05, 0.1) is 20.3 Å². The Balaban J connectivity index is 1.73. The van der Waals surface area contributed by atoms with E-state index in [-0.39, 0.29) is 12.6 Å². The van der Waals surface area contributed by atoms with Gasteiger partial charge in [0.25, 0.3) is 5.91 Å². The summed E-state index contributed by atoms with van der Waals surface area (Å²) >= 11 is 0. The molecule has 1 saturated heterocycles. The van der Waals surface area contributed by atoms with Crippen LogP contribution in [0.1, 0.15) is 27.5 Å². The van der Waals surface area contributed by atoms with Gasteiger partial charge < -0.3 is 19.3 Å². The number of piperazine rings is 1. The minimum Gasteiger partial charge on any atom is -0.493 e. The third kappa shape index (κ3) is 3.35. The summed E-state index contributed by atoms with van der Waals surface area (Å²) in [6, 6.07) is 2.88. The molecule has 164 valence electrons. The summed E-state index contributed by atoms with van der Waals surface area (Å²) in [5, 5.41) is 0. The Morgan fingerprint density at radius 2 is 1.61 bits per heavy atom. The number of nitrogens with zero attached hydrogens (tertiary/aromatic N) is 2. The Bertz CT molecular complexity index is 1070. The summed E-state index contributed by atoms with van der Waals surface area (Å²) in [5.41, 5.74) is 0.207. The van der Waals surface area contributed by atoms with Crippen molar-refractivity contribution in [2.24, 2.45) is 0 Å². The first kappa shape index (κ1) is 21.0. The minimum absolute atomic E-state index is 0.0293. The van der Waals surface area contributed by atoms with E-state index >= 15 is 0 Å². The lowest BCUT2D eigenvalue weighted by molar-refractivity contribution is -0.139. The number of halogens is 4. The standard InChI is InChI=1S/C21H18F4N2O4/c1-30-15-5-10-3-4-27-14(11(10)6-16(15)31-2)8-26(9-17(27)28)21(29)18-19(24)12(22)7-13(23)20(18)25/h5-7,14H,3-4,8-9H2,1-2H3. The molecule has 2 aromatic carbocycles. The quantitative estimate of drug-likeness (QED) is 0.546. The third-order valence-corrected chi connectivity index (χ3v) is 5.66. The van der Waals surface area contributed by atoms with Crippen LogP contribution in [0, 0.1) is 23.3 Å². The second-order valence-corrected chi connectivity index (χ2v) is 7.29. The second kappa shape index (κ2) is 7.75. The van der Waals surface area contributed by atoms with Crippen LogP contribution in [0.15, 0.2) is 18.2 Å². The van der Waals surface area contributed by atoms with Crippen molar-refractivity contribution < 1.29 is 36.6 Å². The number of ether oxygens (including phenoxy) is 2. The molecule has 0 aliphatic carbocycles. The fourth-order valence-corrected chi connectivity index (χ4v) is 4.12. The first-order valence-corrected chi connectivity index (χ1v) is 9.43. The van der Waals surface area contributed by atoms with Gasteiger partial charge in [-0.05, 0) is 29.7 Å². The molecule has 1 fully saturated rings. The molecule has 0 spiro atoms. The zero-order valence-electron chi connectivity index (χ0n) is 16.7. The Morgan fingerprint density at radius 3 is 2.23 bits per heavy atom. The first-order valence-electron chi connectivity index (χ1n) is 9.43. The molecule has 1 atom stereocenters. The predicted molar refractivity (Wildman–Crippen MR) is 99.9 cm³/mol. The Labute approximate surface area is 174 Å². The maximum absolute atomic E-state index is 14.1. The maximum Gasteiger partial charge on any atom is 0.260 e. The van der Waals surface area contributed by atoms with Gasteiger partial charge in [0.2, 0.25) is 5.91 Å². The van der Waals surface area contributed by atoms with E-state index in [1.54, 1.807) is 17.0 Å². The molecule has 2 heterocycles. The van der Waals surface area contributed by atoms with Crippen LogP contribution in [0.25, 0.3) is 0 Å². The zero-order chi connectivity index (χ0) is 22.4. The van der Waals surface area contributed by atoms with E-state index in [0.717, 1.165) is 10.5 Å².